The molecule has 35 heavy (non-hydrogen) atoms. The van der Waals surface area contributed by atoms with Crippen LogP contribution >= 0.6 is 27.3 Å². The number of amides is 1. The lowest BCUT2D eigenvalue weighted by Crippen LogP contribution is -2.20. The number of nitrogens with one attached hydrogen (secondary N) is 2. The first-order chi connectivity index (χ1) is 17.2. The van der Waals surface area contributed by atoms with Crippen LogP contribution in [0.1, 0.15) is 16.7 Å². The van der Waals surface area contributed by atoms with Gasteiger partial charge in [-0.05, 0) is 55.5 Å². The lowest BCUT2D eigenvalue weighted by atomic mass is 10.1. The summed E-state index contributed by atoms with van der Waals surface area (Å²) >= 11 is 5.16. The van der Waals surface area contributed by atoms with Crippen LogP contribution in [0.2, 0.25) is 0 Å². The van der Waals surface area contributed by atoms with Gasteiger partial charge in [-0.25, -0.2) is 4.98 Å². The molecule has 5 rings (SSSR count). The smallest absolute Gasteiger partial charge is 0.244 e. The van der Waals surface area contributed by atoms with Gasteiger partial charge in [-0.3, -0.25) is 4.79 Å². The normalized spacial score (nSPS) is 11.2. The average Bonchev–Trinajstić information content (AvgIpc) is 3.55. The van der Waals surface area contributed by atoms with Crippen LogP contribution < -0.4 is 10.6 Å². The maximum absolute atomic E-state index is 12.2. The van der Waals surface area contributed by atoms with Gasteiger partial charge in [0.15, 0.2) is 5.65 Å². The molecular formula is C27H22BrN5OS. The quantitative estimate of drug-likeness (QED) is 0.230. The number of benzene rings is 2. The van der Waals surface area contributed by atoms with E-state index in [9.17, 15) is 4.79 Å². The van der Waals surface area contributed by atoms with Gasteiger partial charge in [0.2, 0.25) is 5.91 Å². The summed E-state index contributed by atoms with van der Waals surface area (Å²) in [5, 5.41) is 14.9. The van der Waals surface area contributed by atoms with E-state index in [0.717, 1.165) is 43.9 Å². The number of hydrogen-bond donors (Lipinski definition) is 2. The molecule has 174 valence electrons. The summed E-state index contributed by atoms with van der Waals surface area (Å²) in [4.78, 5) is 16.9. The first-order valence-corrected chi connectivity index (χ1v) is 12.8. The van der Waals surface area contributed by atoms with E-state index >= 15 is 0 Å². The van der Waals surface area contributed by atoms with E-state index in [0.29, 0.717) is 13.1 Å². The fourth-order valence-electron chi connectivity index (χ4n) is 3.65. The largest absolute Gasteiger partial charge is 0.366 e. The molecule has 0 bridgehead atoms. The van der Waals surface area contributed by atoms with Gasteiger partial charge < -0.3 is 10.6 Å². The first kappa shape index (κ1) is 23.0. The Morgan fingerprint density at radius 2 is 1.86 bits per heavy atom. The van der Waals surface area contributed by atoms with Crippen LogP contribution in [-0.4, -0.2) is 20.5 Å². The summed E-state index contributed by atoms with van der Waals surface area (Å²) in [5.74, 6) is 0.730. The minimum Gasteiger partial charge on any atom is -0.366 e. The predicted octanol–water partition coefficient (Wildman–Crippen LogP) is 6.16. The molecule has 0 aliphatic carbocycles. The molecule has 8 heteroatoms. The molecule has 2 N–H and O–H groups in total. The molecule has 0 saturated heterocycles. The predicted molar refractivity (Wildman–Crippen MR) is 145 cm³/mol. The van der Waals surface area contributed by atoms with Crippen molar-refractivity contribution in [3.05, 3.63) is 111 Å². The van der Waals surface area contributed by atoms with Gasteiger partial charge in [0.1, 0.15) is 5.82 Å². The second-order valence-corrected chi connectivity index (χ2v) is 9.54. The van der Waals surface area contributed by atoms with Crippen molar-refractivity contribution in [3.8, 4) is 11.3 Å². The summed E-state index contributed by atoms with van der Waals surface area (Å²) in [7, 11) is 0. The first-order valence-electron chi connectivity index (χ1n) is 11.1. The molecular weight excluding hydrogens is 522 g/mol. The Hall–Kier alpha value is -3.75. The van der Waals surface area contributed by atoms with Crippen LogP contribution in [0.5, 0.6) is 0 Å². The van der Waals surface area contributed by atoms with Crippen LogP contribution in [0.15, 0.2) is 94.2 Å². The van der Waals surface area contributed by atoms with Crippen LogP contribution in [-0.2, 0) is 17.9 Å². The topological polar surface area (TPSA) is 71.3 Å². The Balaban J connectivity index is 1.28. The van der Waals surface area contributed by atoms with Crippen molar-refractivity contribution in [1.29, 1.82) is 0 Å². The number of anilines is 1. The number of rotatable bonds is 8. The second-order valence-electron chi connectivity index (χ2n) is 7.90. The monoisotopic (exact) mass is 543 g/mol. The number of hydrogen-bond acceptors (Lipinski definition) is 5. The van der Waals surface area contributed by atoms with Crippen molar-refractivity contribution in [2.75, 3.05) is 5.32 Å². The minimum absolute atomic E-state index is 0.114. The highest BCUT2D eigenvalue weighted by atomic mass is 79.9. The highest BCUT2D eigenvalue weighted by Crippen LogP contribution is 2.26. The number of aromatic nitrogens is 3. The average molecular weight is 544 g/mol. The van der Waals surface area contributed by atoms with E-state index in [2.05, 4.69) is 43.8 Å². The van der Waals surface area contributed by atoms with Crippen molar-refractivity contribution in [2.24, 2.45) is 0 Å². The van der Waals surface area contributed by atoms with E-state index in [1.807, 2.05) is 71.4 Å². The highest BCUT2D eigenvalue weighted by Gasteiger charge is 2.11. The Morgan fingerprint density at radius 1 is 1.03 bits per heavy atom. The van der Waals surface area contributed by atoms with E-state index in [-0.39, 0.29) is 5.91 Å². The summed E-state index contributed by atoms with van der Waals surface area (Å²) in [6.45, 7) is 1.06. The molecule has 0 spiro atoms. The summed E-state index contributed by atoms with van der Waals surface area (Å²) in [6.07, 6.45) is 5.13. The Morgan fingerprint density at radius 3 is 2.66 bits per heavy atom. The van der Waals surface area contributed by atoms with E-state index < -0.39 is 0 Å². The molecule has 0 atom stereocenters. The fourth-order valence-corrected chi connectivity index (χ4v) is 4.63. The Bertz CT molecular complexity index is 1480. The lowest BCUT2D eigenvalue weighted by molar-refractivity contribution is -0.116. The zero-order chi connectivity index (χ0) is 24.0. The van der Waals surface area contributed by atoms with Gasteiger partial charge in [0.25, 0.3) is 0 Å². The maximum Gasteiger partial charge on any atom is 0.244 e. The molecule has 1 amide bonds. The van der Waals surface area contributed by atoms with Crippen molar-refractivity contribution < 1.29 is 4.79 Å². The molecule has 0 radical (unpaired) electrons. The van der Waals surface area contributed by atoms with Gasteiger partial charge in [0.05, 0.1) is 16.4 Å². The number of carbonyl (C=O) groups is 1. The van der Waals surface area contributed by atoms with Gasteiger partial charge in [-0.1, -0.05) is 54.6 Å². The third kappa shape index (κ3) is 5.67. The van der Waals surface area contributed by atoms with E-state index in [1.165, 1.54) is 0 Å². The maximum atomic E-state index is 12.2. The molecule has 0 saturated carbocycles. The molecule has 6 nitrogen and oxygen atoms in total. The number of thiophene rings is 1. The Labute approximate surface area is 215 Å². The van der Waals surface area contributed by atoms with Crippen LogP contribution in [0.3, 0.4) is 0 Å². The van der Waals surface area contributed by atoms with Crippen molar-refractivity contribution in [3.63, 3.8) is 0 Å². The van der Waals surface area contributed by atoms with Crippen LogP contribution in [0.25, 0.3) is 23.0 Å². The molecule has 5 aromatic rings. The standard InChI is InChI=1S/C27H22BrN5OS/c28-23-17-31-33-25(14-24(32-27(23)33)22-7-2-1-3-8-22)29-15-20-5-4-6-21(13-20)16-30-26(34)10-9-19-11-12-35-18-19/h1-14,17-18,29H,15-16H2,(H,30,34). The zero-order valence-corrected chi connectivity index (χ0v) is 21.1. The number of carbonyl (C=O) groups excluding carboxylic acids is 1. The highest BCUT2D eigenvalue weighted by molar-refractivity contribution is 9.10. The molecule has 0 aliphatic heterocycles. The lowest BCUT2D eigenvalue weighted by Gasteiger charge is -2.12. The third-order valence-corrected chi connectivity index (χ3v) is 6.66. The Kier molecular flexibility index (Phi) is 7.02. The van der Waals surface area contributed by atoms with Crippen molar-refractivity contribution in [2.45, 2.75) is 13.1 Å². The second kappa shape index (κ2) is 10.7. The molecule has 0 aliphatic rings. The fraction of sp³-hybridized carbons (Fsp3) is 0.0741. The summed E-state index contributed by atoms with van der Waals surface area (Å²) < 4.78 is 2.63. The molecule has 3 heterocycles. The number of nitrogens with zero attached hydrogens (tertiary/aromatic N) is 3. The summed E-state index contributed by atoms with van der Waals surface area (Å²) in [5.41, 5.74) is 5.82. The van der Waals surface area contributed by atoms with E-state index in [1.54, 1.807) is 28.1 Å². The molecule has 2 aromatic carbocycles. The molecule has 0 unspecified atom stereocenters. The van der Waals surface area contributed by atoms with Crippen molar-refractivity contribution >= 4 is 50.7 Å². The zero-order valence-electron chi connectivity index (χ0n) is 18.7. The third-order valence-electron chi connectivity index (χ3n) is 5.40. The SMILES string of the molecule is O=C(C=Cc1ccsc1)NCc1cccc(CNc2cc(-c3ccccc3)nc3c(Br)cnn23)c1. The van der Waals surface area contributed by atoms with E-state index in [4.69, 9.17) is 4.98 Å². The van der Waals surface area contributed by atoms with Gasteiger partial charge in [-0.2, -0.15) is 21.0 Å². The number of fused-ring (bicyclic) bond motifs is 1. The molecule has 0 fully saturated rings. The van der Waals surface area contributed by atoms with Gasteiger partial charge >= 0.3 is 0 Å². The van der Waals surface area contributed by atoms with Gasteiger partial charge in [0, 0.05) is 30.8 Å². The van der Waals surface area contributed by atoms with Crippen LogP contribution in [0.4, 0.5) is 5.82 Å². The summed E-state index contributed by atoms with van der Waals surface area (Å²) in [6, 6.07) is 22.2. The minimum atomic E-state index is -0.114. The molecule has 3 aromatic heterocycles. The number of halogens is 1. The van der Waals surface area contributed by atoms with Crippen molar-refractivity contribution in [1.82, 2.24) is 19.9 Å². The van der Waals surface area contributed by atoms with Crippen LogP contribution in [0, 0.1) is 0 Å². The van der Waals surface area contributed by atoms with Gasteiger partial charge in [-0.15, -0.1) is 0 Å².